The highest BCUT2D eigenvalue weighted by atomic mass is 35.5. The van der Waals surface area contributed by atoms with Gasteiger partial charge in [0.05, 0.1) is 18.2 Å². The Balaban J connectivity index is 1.97. The lowest BCUT2D eigenvalue weighted by molar-refractivity contribution is -0.122. The van der Waals surface area contributed by atoms with Crippen LogP contribution in [-0.4, -0.2) is 63.0 Å². The van der Waals surface area contributed by atoms with Gasteiger partial charge in [0.1, 0.15) is 17.8 Å². The molecule has 0 spiro atoms. The molecular weight excluding hydrogens is 435 g/mol. The molecule has 1 aromatic carbocycles. The Labute approximate surface area is 184 Å². The van der Waals surface area contributed by atoms with Crippen LogP contribution < -0.4 is 26.2 Å². The molecule has 1 aromatic heterocycles. The largest absolute Gasteiger partial charge is 0.482 e. The topological polar surface area (TPSA) is 124 Å². The van der Waals surface area contributed by atoms with Crippen molar-refractivity contribution in [1.82, 2.24) is 15.4 Å². The fourth-order valence-corrected chi connectivity index (χ4v) is 2.83. The number of ether oxygens (including phenoxy) is 3. The van der Waals surface area contributed by atoms with Gasteiger partial charge in [0.15, 0.2) is 18.2 Å². The van der Waals surface area contributed by atoms with E-state index in [1.165, 1.54) is 12.4 Å². The Morgan fingerprint density at radius 3 is 2.50 bits per heavy atom. The fourth-order valence-electron chi connectivity index (χ4n) is 2.37. The molecule has 0 aliphatic rings. The van der Waals surface area contributed by atoms with E-state index in [1.807, 2.05) is 4.90 Å². The third-order valence-electron chi connectivity index (χ3n) is 3.87. The first-order chi connectivity index (χ1) is 14.5. The summed E-state index contributed by atoms with van der Waals surface area (Å²) < 4.78 is 15.6. The van der Waals surface area contributed by atoms with Crippen LogP contribution in [-0.2, 0) is 14.3 Å². The van der Waals surface area contributed by atoms with Gasteiger partial charge in [-0.1, -0.05) is 23.2 Å². The van der Waals surface area contributed by atoms with E-state index >= 15 is 0 Å². The van der Waals surface area contributed by atoms with E-state index in [9.17, 15) is 4.79 Å². The molecule has 0 fully saturated rings. The number of hydrogen-bond donors (Lipinski definition) is 3. The van der Waals surface area contributed by atoms with Crippen LogP contribution in [0.2, 0.25) is 10.0 Å². The first-order valence-corrected chi connectivity index (χ1v) is 9.67. The van der Waals surface area contributed by atoms with E-state index in [2.05, 4.69) is 20.8 Å². The zero-order valence-electron chi connectivity index (χ0n) is 16.7. The van der Waals surface area contributed by atoms with Crippen LogP contribution in [0.15, 0.2) is 24.5 Å². The van der Waals surface area contributed by atoms with Crippen molar-refractivity contribution in [2.24, 2.45) is 0 Å². The molecule has 2 rings (SSSR count). The second-order valence-electron chi connectivity index (χ2n) is 5.97. The highest BCUT2D eigenvalue weighted by Gasteiger charge is 2.16. The van der Waals surface area contributed by atoms with E-state index < -0.39 is 5.91 Å². The zero-order valence-corrected chi connectivity index (χ0v) is 18.2. The Kier molecular flexibility index (Phi) is 9.68. The molecule has 0 saturated carbocycles. The molecule has 12 heteroatoms. The normalized spacial score (nSPS) is 10.5. The number of methoxy groups -OCH3 is 2. The van der Waals surface area contributed by atoms with Gasteiger partial charge >= 0.3 is 0 Å². The van der Waals surface area contributed by atoms with Crippen LogP contribution in [0.25, 0.3) is 0 Å². The average molecular weight is 459 g/mol. The Hall–Kier alpha value is -2.53. The van der Waals surface area contributed by atoms with E-state index in [0.29, 0.717) is 47.9 Å². The predicted octanol–water partition coefficient (Wildman–Crippen LogP) is 1.99. The summed E-state index contributed by atoms with van der Waals surface area (Å²) in [5.74, 6) is 0.626. The van der Waals surface area contributed by atoms with Gasteiger partial charge < -0.3 is 24.8 Å². The van der Waals surface area contributed by atoms with Gasteiger partial charge in [-0.15, -0.1) is 0 Å². The maximum absolute atomic E-state index is 12.1. The van der Waals surface area contributed by atoms with E-state index in [1.54, 1.807) is 26.4 Å². The smallest absolute Gasteiger partial charge is 0.276 e. The third-order valence-corrected chi connectivity index (χ3v) is 4.40. The summed E-state index contributed by atoms with van der Waals surface area (Å²) in [5.41, 5.74) is 11.6. The van der Waals surface area contributed by atoms with Gasteiger partial charge in [-0.25, -0.2) is 9.97 Å². The minimum absolute atomic E-state index is 0.248. The Morgan fingerprint density at radius 1 is 1.17 bits per heavy atom. The number of hydrogen-bond acceptors (Lipinski definition) is 9. The molecule has 10 nitrogen and oxygen atoms in total. The van der Waals surface area contributed by atoms with Crippen LogP contribution in [0, 0.1) is 0 Å². The Morgan fingerprint density at radius 2 is 1.87 bits per heavy atom. The molecule has 0 aliphatic heterocycles. The van der Waals surface area contributed by atoms with Crippen LogP contribution >= 0.6 is 23.2 Å². The molecule has 0 atom stereocenters. The van der Waals surface area contributed by atoms with E-state index in [4.69, 9.17) is 43.1 Å². The number of anilines is 3. The monoisotopic (exact) mass is 458 g/mol. The SMILES string of the molecule is COCCN(CCOC)c1ncnc(NNC(=O)COc2ccc(Cl)cc2Cl)c1N. The number of amides is 1. The molecule has 30 heavy (non-hydrogen) atoms. The van der Waals surface area contributed by atoms with Crippen molar-refractivity contribution in [2.75, 3.05) is 63.2 Å². The van der Waals surface area contributed by atoms with Crippen molar-refractivity contribution in [3.05, 3.63) is 34.6 Å². The second-order valence-corrected chi connectivity index (χ2v) is 6.81. The highest BCUT2D eigenvalue weighted by molar-refractivity contribution is 6.35. The van der Waals surface area contributed by atoms with Crippen LogP contribution in [0.3, 0.4) is 0 Å². The first kappa shape index (κ1) is 23.7. The number of hydrazine groups is 1. The number of carbonyl (C=O) groups excluding carboxylic acids is 1. The molecule has 0 saturated heterocycles. The van der Waals surface area contributed by atoms with Crippen molar-refractivity contribution < 1.29 is 19.0 Å². The van der Waals surface area contributed by atoms with Crippen LogP contribution in [0.5, 0.6) is 5.75 Å². The molecule has 0 aliphatic carbocycles. The van der Waals surface area contributed by atoms with Crippen molar-refractivity contribution in [2.45, 2.75) is 0 Å². The summed E-state index contributed by atoms with van der Waals surface area (Å²) >= 11 is 11.8. The molecule has 1 amide bonds. The number of benzene rings is 1. The number of nitrogen functional groups attached to an aromatic ring is 1. The van der Waals surface area contributed by atoms with Gasteiger partial charge in [-0.3, -0.25) is 15.6 Å². The molecule has 0 unspecified atom stereocenters. The quantitative estimate of drug-likeness (QED) is 0.409. The van der Waals surface area contributed by atoms with Crippen molar-refractivity contribution in [3.63, 3.8) is 0 Å². The third kappa shape index (κ3) is 7.06. The summed E-state index contributed by atoms with van der Waals surface area (Å²) in [7, 11) is 3.22. The zero-order chi connectivity index (χ0) is 21.9. The molecule has 164 valence electrons. The van der Waals surface area contributed by atoms with Gasteiger partial charge in [0.2, 0.25) is 0 Å². The molecular formula is C18H24Cl2N6O4. The molecule has 0 radical (unpaired) electrons. The van der Waals surface area contributed by atoms with Gasteiger partial charge in [-0.2, -0.15) is 0 Å². The summed E-state index contributed by atoms with van der Waals surface area (Å²) in [5, 5.41) is 0.777. The average Bonchev–Trinajstić information content (AvgIpc) is 2.73. The predicted molar refractivity (Wildman–Crippen MR) is 116 cm³/mol. The summed E-state index contributed by atoms with van der Waals surface area (Å²) in [6, 6.07) is 4.71. The number of nitrogens with two attached hydrogens (primary N) is 1. The maximum atomic E-state index is 12.1. The first-order valence-electron chi connectivity index (χ1n) is 8.92. The standard InChI is InChI=1S/C18H24Cl2N6O4/c1-28-7-5-26(6-8-29-2)18-16(21)17(22-11-23-18)25-24-15(27)10-30-14-4-3-12(19)9-13(14)20/h3-4,9,11H,5-8,10,21H2,1-2H3,(H,24,27)(H,22,23,25). The van der Waals surface area contributed by atoms with Crippen LogP contribution in [0.1, 0.15) is 0 Å². The maximum Gasteiger partial charge on any atom is 0.276 e. The van der Waals surface area contributed by atoms with Crippen molar-refractivity contribution in [1.29, 1.82) is 0 Å². The van der Waals surface area contributed by atoms with E-state index in [-0.39, 0.29) is 18.1 Å². The van der Waals surface area contributed by atoms with Gasteiger partial charge in [0, 0.05) is 32.3 Å². The molecule has 1 heterocycles. The molecule has 0 bridgehead atoms. The number of nitrogens with zero attached hydrogens (tertiary/aromatic N) is 3. The number of rotatable bonds is 12. The lowest BCUT2D eigenvalue weighted by Gasteiger charge is -2.25. The number of carbonyl (C=O) groups is 1. The second kappa shape index (κ2) is 12.2. The summed E-state index contributed by atoms with van der Waals surface area (Å²) in [6.07, 6.45) is 1.34. The summed E-state index contributed by atoms with van der Waals surface area (Å²) in [4.78, 5) is 22.3. The fraction of sp³-hybridized carbons (Fsp3) is 0.389. The minimum Gasteiger partial charge on any atom is -0.482 e. The van der Waals surface area contributed by atoms with Gasteiger partial charge in [-0.05, 0) is 18.2 Å². The number of aromatic nitrogens is 2. The molecule has 2 aromatic rings. The van der Waals surface area contributed by atoms with Crippen molar-refractivity contribution >= 4 is 46.4 Å². The Bertz CT molecular complexity index is 834. The number of halogens is 2. The number of nitrogens with one attached hydrogen (secondary N) is 2. The minimum atomic E-state index is -0.462. The van der Waals surface area contributed by atoms with Crippen LogP contribution in [0.4, 0.5) is 17.3 Å². The van der Waals surface area contributed by atoms with Gasteiger partial charge in [0.25, 0.3) is 5.91 Å². The summed E-state index contributed by atoms with van der Waals surface area (Å²) in [6.45, 7) is 1.81. The molecule has 4 N–H and O–H groups in total. The van der Waals surface area contributed by atoms with E-state index in [0.717, 1.165) is 0 Å². The lowest BCUT2D eigenvalue weighted by Crippen LogP contribution is -2.35. The highest BCUT2D eigenvalue weighted by Crippen LogP contribution is 2.27. The lowest BCUT2D eigenvalue weighted by atomic mass is 10.3. The van der Waals surface area contributed by atoms with Crippen molar-refractivity contribution in [3.8, 4) is 5.75 Å².